The summed E-state index contributed by atoms with van der Waals surface area (Å²) < 4.78 is 0. The second-order valence-corrected chi connectivity index (χ2v) is 8.57. The minimum atomic E-state index is -0.322. The summed E-state index contributed by atoms with van der Waals surface area (Å²) >= 11 is 0. The normalized spacial score (nSPS) is 26.3. The van der Waals surface area contributed by atoms with Crippen LogP contribution in [0.5, 0.6) is 0 Å². The van der Waals surface area contributed by atoms with Crippen molar-refractivity contribution < 1.29 is 9.59 Å². The Morgan fingerprint density at radius 2 is 1.10 bits per heavy atom. The average Bonchev–Trinajstić information content (AvgIpc) is 3.01. The zero-order valence-electron chi connectivity index (χ0n) is 16.4. The van der Waals surface area contributed by atoms with E-state index >= 15 is 0 Å². The number of amides is 2. The van der Waals surface area contributed by atoms with Gasteiger partial charge in [0.2, 0.25) is 11.8 Å². The molecule has 3 nitrogen and oxygen atoms in total. The summed E-state index contributed by atoms with van der Waals surface area (Å²) in [5.74, 6) is -0.845. The highest BCUT2D eigenvalue weighted by Crippen LogP contribution is 2.61. The molecule has 4 aliphatic rings. The van der Waals surface area contributed by atoms with E-state index in [1.807, 2.05) is 56.3 Å². The summed E-state index contributed by atoms with van der Waals surface area (Å²) in [7, 11) is 0. The van der Waals surface area contributed by atoms with Gasteiger partial charge in [-0.05, 0) is 53.3 Å². The lowest BCUT2D eigenvalue weighted by Crippen LogP contribution is -2.41. The van der Waals surface area contributed by atoms with Gasteiger partial charge in [0.25, 0.3) is 0 Å². The number of benzene rings is 3. The highest BCUT2D eigenvalue weighted by molar-refractivity contribution is 6.23. The van der Waals surface area contributed by atoms with Crippen LogP contribution >= 0.6 is 0 Å². The van der Waals surface area contributed by atoms with Gasteiger partial charge in [0, 0.05) is 11.8 Å². The predicted molar refractivity (Wildman–Crippen MR) is 112 cm³/mol. The number of aryl methyl sites for hydroxylation is 2. The lowest BCUT2D eigenvalue weighted by molar-refractivity contribution is -0.122. The van der Waals surface area contributed by atoms with Crippen LogP contribution in [0.1, 0.15) is 45.2 Å². The summed E-state index contributed by atoms with van der Waals surface area (Å²) in [6.45, 7) is 3.96. The van der Waals surface area contributed by atoms with Crippen molar-refractivity contribution in [1.82, 2.24) is 0 Å². The van der Waals surface area contributed by atoms with Gasteiger partial charge in [-0.1, -0.05) is 60.7 Å². The number of hydrogen-bond acceptors (Lipinski definition) is 2. The van der Waals surface area contributed by atoms with Gasteiger partial charge in [-0.15, -0.1) is 0 Å². The third-order valence-electron chi connectivity index (χ3n) is 7.05. The van der Waals surface area contributed by atoms with E-state index in [9.17, 15) is 9.59 Å². The fourth-order valence-electron chi connectivity index (χ4n) is 5.88. The molecule has 1 heterocycles. The molecule has 1 saturated heterocycles. The van der Waals surface area contributed by atoms with E-state index in [1.165, 1.54) is 27.2 Å². The molecule has 142 valence electrons. The Bertz CT molecular complexity index is 1100. The van der Waals surface area contributed by atoms with E-state index < -0.39 is 0 Å². The number of carbonyl (C=O) groups is 2. The molecule has 7 rings (SSSR count). The van der Waals surface area contributed by atoms with Crippen LogP contribution in [0.4, 0.5) is 5.69 Å². The largest absolute Gasteiger partial charge is 0.274 e. The molecule has 3 aliphatic carbocycles. The maximum atomic E-state index is 13.7. The Kier molecular flexibility index (Phi) is 3.27. The van der Waals surface area contributed by atoms with Gasteiger partial charge in [0.05, 0.1) is 17.5 Å². The quantitative estimate of drug-likeness (QED) is 0.575. The maximum Gasteiger partial charge on any atom is 0.238 e. The molecule has 1 aliphatic heterocycles. The number of rotatable bonds is 1. The molecule has 0 N–H and O–H groups in total. The van der Waals surface area contributed by atoms with Crippen molar-refractivity contribution in [3.8, 4) is 0 Å². The second-order valence-electron chi connectivity index (χ2n) is 8.57. The van der Waals surface area contributed by atoms with Gasteiger partial charge >= 0.3 is 0 Å². The molecule has 3 heteroatoms. The van der Waals surface area contributed by atoms with Gasteiger partial charge in [0.15, 0.2) is 0 Å². The van der Waals surface area contributed by atoms with Crippen molar-refractivity contribution in [2.75, 3.05) is 4.90 Å². The Labute approximate surface area is 170 Å². The minimum absolute atomic E-state index is 0.0484. The third kappa shape index (κ3) is 2.02. The van der Waals surface area contributed by atoms with Crippen LogP contribution in [-0.4, -0.2) is 11.8 Å². The van der Waals surface area contributed by atoms with E-state index in [-0.39, 0.29) is 35.5 Å². The Balaban J connectivity index is 1.58. The van der Waals surface area contributed by atoms with Crippen LogP contribution in [0.3, 0.4) is 0 Å². The smallest absolute Gasteiger partial charge is 0.238 e. The molecule has 0 aromatic heterocycles. The number of anilines is 1. The molecule has 0 spiro atoms. The molecule has 1 fully saturated rings. The van der Waals surface area contributed by atoms with Crippen molar-refractivity contribution in [2.45, 2.75) is 25.7 Å². The van der Waals surface area contributed by atoms with Crippen LogP contribution in [0.15, 0.2) is 66.7 Å². The van der Waals surface area contributed by atoms with Crippen molar-refractivity contribution >= 4 is 17.5 Å². The summed E-state index contributed by atoms with van der Waals surface area (Å²) in [4.78, 5) is 28.9. The molecule has 0 radical (unpaired) electrons. The molecule has 2 bridgehead atoms. The monoisotopic (exact) mass is 379 g/mol. The van der Waals surface area contributed by atoms with E-state index in [4.69, 9.17) is 0 Å². The van der Waals surface area contributed by atoms with Gasteiger partial charge in [-0.2, -0.15) is 0 Å². The SMILES string of the molecule is Cc1ccc(C)c(N2C(=O)[C@@H]3C4c5ccccc5C(c5ccccc54)[C@@H]3C2=O)c1. The number of imide groups is 1. The standard InChI is InChI=1S/C26H21NO2/c1-14-11-12-15(2)20(13-14)27-25(28)23-21-16-7-3-4-8-17(16)22(24(23)26(27)29)19-10-6-5-9-18(19)21/h3-13,21-24H,1-2H3/t21?,22?,23-,24+. The first-order valence-electron chi connectivity index (χ1n) is 10.2. The Morgan fingerprint density at radius 3 is 1.55 bits per heavy atom. The summed E-state index contributed by atoms with van der Waals surface area (Å²) in [5, 5.41) is 0. The van der Waals surface area contributed by atoms with Gasteiger partial charge in [0.1, 0.15) is 0 Å². The lowest BCUT2D eigenvalue weighted by atomic mass is 9.55. The molecular weight excluding hydrogens is 358 g/mol. The minimum Gasteiger partial charge on any atom is -0.274 e. The highest BCUT2D eigenvalue weighted by atomic mass is 16.2. The van der Waals surface area contributed by atoms with Crippen molar-refractivity contribution in [3.05, 3.63) is 100 Å². The van der Waals surface area contributed by atoms with Crippen molar-refractivity contribution in [2.24, 2.45) is 11.8 Å². The van der Waals surface area contributed by atoms with Crippen LogP contribution in [0.25, 0.3) is 0 Å². The summed E-state index contributed by atoms with van der Waals surface area (Å²) in [6, 6.07) is 22.7. The molecule has 0 unspecified atom stereocenters. The lowest BCUT2D eigenvalue weighted by Gasteiger charge is -2.45. The first-order chi connectivity index (χ1) is 14.1. The van der Waals surface area contributed by atoms with Crippen LogP contribution in [0, 0.1) is 25.7 Å². The van der Waals surface area contributed by atoms with Gasteiger partial charge in [-0.25, -0.2) is 4.90 Å². The fourth-order valence-corrected chi connectivity index (χ4v) is 5.88. The third-order valence-corrected chi connectivity index (χ3v) is 7.05. The molecule has 3 aromatic rings. The van der Waals surface area contributed by atoms with Crippen LogP contribution in [0.2, 0.25) is 0 Å². The highest BCUT2D eigenvalue weighted by Gasteiger charge is 2.61. The topological polar surface area (TPSA) is 37.4 Å². The van der Waals surface area contributed by atoms with E-state index in [2.05, 4.69) is 24.3 Å². The molecule has 3 aromatic carbocycles. The Morgan fingerprint density at radius 1 is 0.655 bits per heavy atom. The van der Waals surface area contributed by atoms with Gasteiger partial charge < -0.3 is 0 Å². The number of hydrogen-bond donors (Lipinski definition) is 0. The van der Waals surface area contributed by atoms with Crippen LogP contribution in [-0.2, 0) is 9.59 Å². The van der Waals surface area contributed by atoms with E-state index in [0.29, 0.717) is 0 Å². The summed E-state index contributed by atoms with van der Waals surface area (Å²) in [6.07, 6.45) is 0. The number of carbonyl (C=O) groups excluding carboxylic acids is 2. The first kappa shape index (κ1) is 16.7. The molecular formula is C26H21NO2. The first-order valence-corrected chi connectivity index (χ1v) is 10.2. The predicted octanol–water partition coefficient (Wildman–Crippen LogP) is 4.70. The van der Waals surface area contributed by atoms with E-state index in [0.717, 1.165) is 16.8 Å². The summed E-state index contributed by atoms with van der Waals surface area (Å²) in [5.41, 5.74) is 7.58. The molecule has 2 amide bonds. The van der Waals surface area contributed by atoms with Crippen molar-refractivity contribution in [1.29, 1.82) is 0 Å². The average molecular weight is 379 g/mol. The zero-order chi connectivity index (χ0) is 19.9. The molecule has 0 saturated carbocycles. The van der Waals surface area contributed by atoms with E-state index in [1.54, 1.807) is 0 Å². The number of nitrogens with zero attached hydrogens (tertiary/aromatic N) is 1. The second kappa shape index (κ2) is 5.66. The van der Waals surface area contributed by atoms with Crippen molar-refractivity contribution in [3.63, 3.8) is 0 Å². The van der Waals surface area contributed by atoms with Crippen LogP contribution < -0.4 is 4.90 Å². The maximum absolute atomic E-state index is 13.7. The fraction of sp³-hybridized carbons (Fsp3) is 0.231. The zero-order valence-corrected chi connectivity index (χ0v) is 16.4. The Hall–Kier alpha value is -3.20. The molecule has 29 heavy (non-hydrogen) atoms. The van der Waals surface area contributed by atoms with Gasteiger partial charge in [-0.3, -0.25) is 9.59 Å². The molecule has 2 atom stereocenters.